The van der Waals surface area contributed by atoms with Gasteiger partial charge in [0.25, 0.3) is 5.91 Å². The highest BCUT2D eigenvalue weighted by molar-refractivity contribution is 14.1. The molecule has 1 fully saturated rings. The normalized spacial score (nSPS) is 15.0. The minimum Gasteiger partial charge on any atom is -0.353 e. The topological polar surface area (TPSA) is 49.3 Å². The van der Waals surface area contributed by atoms with Crippen LogP contribution in [0.4, 0.5) is 5.82 Å². The number of hydrogen-bond donors (Lipinski definition) is 0. The highest BCUT2D eigenvalue weighted by Gasteiger charge is 2.23. The Morgan fingerprint density at radius 1 is 1.14 bits per heavy atom. The average molecular weight is 408 g/mol. The molecule has 114 valence electrons. The summed E-state index contributed by atoms with van der Waals surface area (Å²) < 4.78 is 0.999. The molecule has 1 aliphatic rings. The monoisotopic (exact) mass is 408 g/mol. The van der Waals surface area contributed by atoms with E-state index < -0.39 is 0 Å². The first-order valence-corrected chi connectivity index (χ1v) is 8.30. The number of aromatic nitrogens is 2. The van der Waals surface area contributed by atoms with Crippen molar-refractivity contribution >= 4 is 34.3 Å². The molecule has 0 N–H and O–H groups in total. The summed E-state index contributed by atoms with van der Waals surface area (Å²) in [5.74, 6) is 1.05. The van der Waals surface area contributed by atoms with E-state index in [0.717, 1.165) is 33.7 Å². The molecule has 1 saturated heterocycles. The zero-order chi connectivity index (χ0) is 15.5. The van der Waals surface area contributed by atoms with Crippen LogP contribution in [0, 0.1) is 10.5 Å². The lowest BCUT2D eigenvalue weighted by molar-refractivity contribution is 0.0745. The summed E-state index contributed by atoms with van der Waals surface area (Å²) in [5.41, 5.74) is 1.75. The highest BCUT2D eigenvalue weighted by Crippen LogP contribution is 2.17. The fourth-order valence-corrected chi connectivity index (χ4v) is 3.18. The Hall–Kier alpha value is -1.70. The molecule has 3 rings (SSSR count). The molecule has 0 radical (unpaired) electrons. The standard InChI is InChI=1S/C16H17IN4O/c1-12-10-15(19-11-18-12)20-6-8-21(9-7-20)16(22)13-4-2-3-5-14(13)17/h2-5,10-11H,6-9H2,1H3. The molecule has 22 heavy (non-hydrogen) atoms. The molecule has 2 aromatic rings. The van der Waals surface area contributed by atoms with Gasteiger partial charge >= 0.3 is 0 Å². The van der Waals surface area contributed by atoms with Gasteiger partial charge in [0.05, 0.1) is 5.56 Å². The van der Waals surface area contributed by atoms with E-state index in [9.17, 15) is 4.79 Å². The van der Waals surface area contributed by atoms with Crippen LogP contribution in [0.15, 0.2) is 36.7 Å². The molecule has 1 aromatic carbocycles. The Bertz CT molecular complexity index is 683. The molecule has 0 spiro atoms. The number of benzene rings is 1. The number of piperazine rings is 1. The van der Waals surface area contributed by atoms with E-state index in [4.69, 9.17) is 0 Å². The van der Waals surface area contributed by atoms with Gasteiger partial charge in [-0.25, -0.2) is 9.97 Å². The number of halogens is 1. The summed E-state index contributed by atoms with van der Waals surface area (Å²) in [6, 6.07) is 9.71. The largest absolute Gasteiger partial charge is 0.353 e. The number of aryl methyl sites for hydroxylation is 1. The van der Waals surface area contributed by atoms with Crippen molar-refractivity contribution in [2.75, 3.05) is 31.1 Å². The molecule has 5 nitrogen and oxygen atoms in total. The molecule has 1 aromatic heterocycles. The van der Waals surface area contributed by atoms with Crippen LogP contribution in [0.5, 0.6) is 0 Å². The average Bonchev–Trinajstić information content (AvgIpc) is 2.55. The van der Waals surface area contributed by atoms with Gasteiger partial charge in [-0.2, -0.15) is 0 Å². The smallest absolute Gasteiger partial charge is 0.255 e. The van der Waals surface area contributed by atoms with Gasteiger partial charge in [-0.1, -0.05) is 12.1 Å². The van der Waals surface area contributed by atoms with Crippen LogP contribution in [0.1, 0.15) is 16.1 Å². The third-order valence-electron chi connectivity index (χ3n) is 3.78. The van der Waals surface area contributed by atoms with Gasteiger partial charge in [-0.05, 0) is 41.6 Å². The second kappa shape index (κ2) is 6.60. The first-order chi connectivity index (χ1) is 10.6. The van der Waals surface area contributed by atoms with Crippen molar-refractivity contribution in [2.45, 2.75) is 6.92 Å². The molecule has 0 saturated carbocycles. The van der Waals surface area contributed by atoms with Crippen LogP contribution < -0.4 is 4.90 Å². The van der Waals surface area contributed by atoms with Crippen LogP contribution in [0.25, 0.3) is 0 Å². The lowest BCUT2D eigenvalue weighted by Gasteiger charge is -2.35. The van der Waals surface area contributed by atoms with E-state index >= 15 is 0 Å². The number of hydrogen-bond acceptors (Lipinski definition) is 4. The highest BCUT2D eigenvalue weighted by atomic mass is 127. The van der Waals surface area contributed by atoms with Crippen molar-refractivity contribution in [1.82, 2.24) is 14.9 Å². The summed E-state index contributed by atoms with van der Waals surface area (Å²) >= 11 is 2.21. The zero-order valence-corrected chi connectivity index (χ0v) is 14.5. The second-order valence-electron chi connectivity index (χ2n) is 5.28. The SMILES string of the molecule is Cc1cc(N2CCN(C(=O)c3ccccc3I)CC2)ncn1. The van der Waals surface area contributed by atoms with E-state index in [2.05, 4.69) is 37.5 Å². The molecule has 0 atom stereocenters. The van der Waals surface area contributed by atoms with Crippen LogP contribution in [-0.4, -0.2) is 47.0 Å². The maximum atomic E-state index is 12.6. The van der Waals surface area contributed by atoms with E-state index in [1.807, 2.05) is 42.2 Å². The number of amides is 1. The van der Waals surface area contributed by atoms with Gasteiger partial charge in [0.1, 0.15) is 12.1 Å². The van der Waals surface area contributed by atoms with Crippen LogP contribution in [0.2, 0.25) is 0 Å². The van der Waals surface area contributed by atoms with Gasteiger partial charge in [0, 0.05) is 41.5 Å². The fourth-order valence-electron chi connectivity index (χ4n) is 2.56. The summed E-state index contributed by atoms with van der Waals surface area (Å²) in [6.07, 6.45) is 1.59. The summed E-state index contributed by atoms with van der Waals surface area (Å²) in [4.78, 5) is 25.2. The molecule has 0 aliphatic carbocycles. The van der Waals surface area contributed by atoms with Crippen molar-refractivity contribution in [3.63, 3.8) is 0 Å². The Labute approximate surface area is 143 Å². The van der Waals surface area contributed by atoms with Crippen molar-refractivity contribution in [3.8, 4) is 0 Å². The van der Waals surface area contributed by atoms with Crippen LogP contribution in [-0.2, 0) is 0 Å². The molecule has 2 heterocycles. The first kappa shape index (κ1) is 15.2. The molecule has 6 heteroatoms. The fraction of sp³-hybridized carbons (Fsp3) is 0.312. The maximum absolute atomic E-state index is 12.6. The number of carbonyl (C=O) groups excluding carboxylic acids is 1. The summed E-state index contributed by atoms with van der Waals surface area (Å²) in [7, 11) is 0. The molecule has 1 amide bonds. The number of nitrogens with zero attached hydrogens (tertiary/aromatic N) is 4. The lowest BCUT2D eigenvalue weighted by atomic mass is 10.2. The summed E-state index contributed by atoms with van der Waals surface area (Å²) in [5, 5.41) is 0. The molecule has 0 bridgehead atoms. The van der Waals surface area contributed by atoms with Gasteiger partial charge in [0.15, 0.2) is 0 Å². The predicted molar refractivity (Wildman–Crippen MR) is 94.0 cm³/mol. The third kappa shape index (κ3) is 3.21. The quantitative estimate of drug-likeness (QED) is 0.717. The van der Waals surface area contributed by atoms with E-state index in [0.29, 0.717) is 13.1 Å². The van der Waals surface area contributed by atoms with E-state index in [1.165, 1.54) is 0 Å². The van der Waals surface area contributed by atoms with Gasteiger partial charge in [-0.15, -0.1) is 0 Å². The van der Waals surface area contributed by atoms with Crippen LogP contribution in [0.3, 0.4) is 0 Å². The zero-order valence-electron chi connectivity index (χ0n) is 12.4. The van der Waals surface area contributed by atoms with Crippen LogP contribution >= 0.6 is 22.6 Å². The Morgan fingerprint density at radius 2 is 1.86 bits per heavy atom. The van der Waals surface area contributed by atoms with Crippen molar-refractivity contribution in [3.05, 3.63) is 51.5 Å². The van der Waals surface area contributed by atoms with Crippen molar-refractivity contribution in [1.29, 1.82) is 0 Å². The van der Waals surface area contributed by atoms with Gasteiger partial charge < -0.3 is 9.80 Å². The Balaban J connectivity index is 1.67. The Morgan fingerprint density at radius 3 is 2.55 bits per heavy atom. The van der Waals surface area contributed by atoms with Gasteiger partial charge in [-0.3, -0.25) is 4.79 Å². The number of carbonyl (C=O) groups is 1. The van der Waals surface area contributed by atoms with E-state index in [1.54, 1.807) is 6.33 Å². The number of rotatable bonds is 2. The molecule has 1 aliphatic heterocycles. The lowest BCUT2D eigenvalue weighted by Crippen LogP contribution is -2.49. The third-order valence-corrected chi connectivity index (χ3v) is 4.73. The minimum atomic E-state index is 0.114. The number of anilines is 1. The second-order valence-corrected chi connectivity index (χ2v) is 6.44. The Kier molecular flexibility index (Phi) is 4.56. The molecule has 0 unspecified atom stereocenters. The van der Waals surface area contributed by atoms with Gasteiger partial charge in [0.2, 0.25) is 0 Å². The van der Waals surface area contributed by atoms with Crippen molar-refractivity contribution < 1.29 is 4.79 Å². The predicted octanol–water partition coefficient (Wildman–Crippen LogP) is 2.35. The first-order valence-electron chi connectivity index (χ1n) is 7.22. The molecular weight excluding hydrogens is 391 g/mol. The summed E-state index contributed by atoms with van der Waals surface area (Å²) in [6.45, 7) is 4.99. The maximum Gasteiger partial charge on any atom is 0.255 e. The van der Waals surface area contributed by atoms with Crippen molar-refractivity contribution in [2.24, 2.45) is 0 Å². The minimum absolute atomic E-state index is 0.114. The molecular formula is C16H17IN4O. The van der Waals surface area contributed by atoms with E-state index in [-0.39, 0.29) is 5.91 Å².